The number of nitrogens with one attached hydrogen (secondary N) is 1. The molecule has 0 spiro atoms. The Morgan fingerprint density at radius 3 is 2.57 bits per heavy atom. The number of carboxylic acid groups (broad SMARTS) is 1. The van der Waals surface area contributed by atoms with Gasteiger partial charge in [-0.2, -0.15) is 5.10 Å². The molecule has 0 unspecified atom stereocenters. The Bertz CT molecular complexity index is 747. The molecule has 23 heavy (non-hydrogen) atoms. The molecule has 0 aliphatic carbocycles. The molecule has 0 fully saturated rings. The van der Waals surface area contributed by atoms with E-state index >= 15 is 0 Å². The minimum absolute atomic E-state index is 0.0955. The summed E-state index contributed by atoms with van der Waals surface area (Å²) in [4.78, 5) is 28.1. The van der Waals surface area contributed by atoms with Gasteiger partial charge in [0.05, 0.1) is 16.7 Å². The summed E-state index contributed by atoms with van der Waals surface area (Å²) in [5.74, 6) is -1.21. The zero-order valence-corrected chi connectivity index (χ0v) is 13.9. The standard InChI is InChI=1S/C16H22N4O3/c1-5-16(6-2,15(22)23)9-18-14(21)11-7-12-10(3)19-20(4)13(12)17-8-11/h7-8H,5-6,9H2,1-4H3,(H,18,21)(H,22,23). The fraction of sp³-hybridized carbons (Fsp3) is 0.500. The first kappa shape index (κ1) is 16.9. The van der Waals surface area contributed by atoms with Crippen molar-refractivity contribution in [1.82, 2.24) is 20.1 Å². The van der Waals surface area contributed by atoms with Crippen molar-refractivity contribution in [2.75, 3.05) is 6.54 Å². The number of hydrogen-bond acceptors (Lipinski definition) is 4. The van der Waals surface area contributed by atoms with Crippen molar-refractivity contribution in [3.63, 3.8) is 0 Å². The lowest BCUT2D eigenvalue weighted by molar-refractivity contribution is -0.149. The number of hydrogen-bond donors (Lipinski definition) is 2. The molecule has 0 aliphatic rings. The van der Waals surface area contributed by atoms with Crippen LogP contribution < -0.4 is 5.32 Å². The molecule has 1 amide bonds. The van der Waals surface area contributed by atoms with Gasteiger partial charge in [0, 0.05) is 25.2 Å². The number of fused-ring (bicyclic) bond motifs is 1. The third kappa shape index (κ3) is 3.04. The minimum atomic E-state index is -0.933. The zero-order valence-electron chi connectivity index (χ0n) is 13.9. The highest BCUT2D eigenvalue weighted by Gasteiger charge is 2.35. The molecule has 2 N–H and O–H groups in total. The average molecular weight is 318 g/mol. The van der Waals surface area contributed by atoms with Crippen molar-refractivity contribution >= 4 is 22.9 Å². The van der Waals surface area contributed by atoms with Gasteiger partial charge in [-0.25, -0.2) is 4.98 Å². The fourth-order valence-electron chi connectivity index (χ4n) is 2.66. The summed E-state index contributed by atoms with van der Waals surface area (Å²) >= 11 is 0. The van der Waals surface area contributed by atoms with Crippen molar-refractivity contribution in [2.24, 2.45) is 12.5 Å². The number of amides is 1. The molecule has 7 heteroatoms. The van der Waals surface area contributed by atoms with E-state index < -0.39 is 11.4 Å². The van der Waals surface area contributed by atoms with Gasteiger partial charge < -0.3 is 10.4 Å². The van der Waals surface area contributed by atoms with E-state index in [0.29, 0.717) is 24.1 Å². The molecule has 0 bridgehead atoms. The number of aryl methyl sites for hydroxylation is 2. The Labute approximate surface area is 134 Å². The molecule has 0 saturated carbocycles. The van der Waals surface area contributed by atoms with Crippen molar-refractivity contribution in [3.05, 3.63) is 23.5 Å². The van der Waals surface area contributed by atoms with Gasteiger partial charge in [-0.05, 0) is 25.8 Å². The number of rotatable bonds is 6. The molecule has 2 heterocycles. The third-order valence-electron chi connectivity index (χ3n) is 4.52. The maximum atomic E-state index is 12.3. The maximum absolute atomic E-state index is 12.3. The Balaban J connectivity index is 2.21. The molecular weight excluding hydrogens is 296 g/mol. The second kappa shape index (κ2) is 6.36. The molecule has 124 valence electrons. The smallest absolute Gasteiger partial charge is 0.311 e. The Hall–Kier alpha value is -2.44. The lowest BCUT2D eigenvalue weighted by Crippen LogP contribution is -2.42. The van der Waals surface area contributed by atoms with E-state index in [1.165, 1.54) is 6.20 Å². The number of carbonyl (C=O) groups excluding carboxylic acids is 1. The molecule has 0 aliphatic heterocycles. The van der Waals surface area contributed by atoms with Gasteiger partial charge >= 0.3 is 5.97 Å². The first-order valence-corrected chi connectivity index (χ1v) is 7.65. The SMILES string of the molecule is CCC(CC)(CNC(=O)c1cnc2c(c1)c(C)nn2C)C(=O)O. The molecule has 0 radical (unpaired) electrons. The quantitative estimate of drug-likeness (QED) is 0.848. The van der Waals surface area contributed by atoms with Crippen LogP contribution in [0.1, 0.15) is 42.7 Å². The van der Waals surface area contributed by atoms with E-state index in [1.54, 1.807) is 17.8 Å². The monoisotopic (exact) mass is 318 g/mol. The van der Waals surface area contributed by atoms with Crippen LogP contribution in [-0.4, -0.2) is 38.3 Å². The third-order valence-corrected chi connectivity index (χ3v) is 4.52. The second-order valence-electron chi connectivity index (χ2n) is 5.78. The summed E-state index contributed by atoms with van der Waals surface area (Å²) in [5.41, 5.74) is 0.977. The zero-order chi connectivity index (χ0) is 17.2. The first-order chi connectivity index (χ1) is 10.8. The Morgan fingerprint density at radius 2 is 2.00 bits per heavy atom. The highest BCUT2D eigenvalue weighted by molar-refractivity contribution is 5.97. The van der Waals surface area contributed by atoms with Crippen molar-refractivity contribution in [3.8, 4) is 0 Å². The molecule has 2 rings (SSSR count). The van der Waals surface area contributed by atoms with Gasteiger partial charge in [-0.1, -0.05) is 13.8 Å². The van der Waals surface area contributed by atoms with E-state index in [4.69, 9.17) is 0 Å². The van der Waals surface area contributed by atoms with Crippen LogP contribution in [0.25, 0.3) is 11.0 Å². The minimum Gasteiger partial charge on any atom is -0.481 e. The summed E-state index contributed by atoms with van der Waals surface area (Å²) in [6.45, 7) is 5.58. The predicted molar refractivity (Wildman–Crippen MR) is 86.2 cm³/mol. The lowest BCUT2D eigenvalue weighted by atomic mass is 9.82. The molecule has 2 aromatic rings. The summed E-state index contributed by atoms with van der Waals surface area (Å²) in [5, 5.41) is 17.2. The van der Waals surface area contributed by atoms with E-state index in [0.717, 1.165) is 11.1 Å². The van der Waals surface area contributed by atoms with Gasteiger partial charge in [0.15, 0.2) is 5.65 Å². The number of carbonyl (C=O) groups is 2. The van der Waals surface area contributed by atoms with E-state index in [9.17, 15) is 14.7 Å². The molecule has 7 nitrogen and oxygen atoms in total. The van der Waals surface area contributed by atoms with Gasteiger partial charge in [-0.15, -0.1) is 0 Å². The van der Waals surface area contributed by atoms with Gasteiger partial charge in [0.25, 0.3) is 5.91 Å². The van der Waals surface area contributed by atoms with Gasteiger partial charge in [0.2, 0.25) is 0 Å². The average Bonchev–Trinajstić information content (AvgIpc) is 2.82. The molecule has 0 atom stereocenters. The normalized spacial score (nSPS) is 11.7. The van der Waals surface area contributed by atoms with Crippen LogP contribution in [-0.2, 0) is 11.8 Å². The van der Waals surface area contributed by atoms with Crippen molar-refractivity contribution < 1.29 is 14.7 Å². The van der Waals surface area contributed by atoms with Crippen molar-refractivity contribution in [2.45, 2.75) is 33.6 Å². The predicted octanol–water partition coefficient (Wildman–Crippen LogP) is 1.90. The number of aromatic nitrogens is 3. The summed E-state index contributed by atoms with van der Waals surface area (Å²) in [6.07, 6.45) is 2.40. The van der Waals surface area contributed by atoms with E-state index in [2.05, 4.69) is 15.4 Å². The van der Waals surface area contributed by atoms with Crippen LogP contribution >= 0.6 is 0 Å². The van der Waals surface area contributed by atoms with E-state index in [-0.39, 0.29) is 12.5 Å². The summed E-state index contributed by atoms with van der Waals surface area (Å²) in [7, 11) is 1.80. The molecule has 2 aromatic heterocycles. The molecule has 0 aromatic carbocycles. The number of carboxylic acids is 1. The topological polar surface area (TPSA) is 97.1 Å². The Morgan fingerprint density at radius 1 is 1.35 bits per heavy atom. The highest BCUT2D eigenvalue weighted by Crippen LogP contribution is 2.26. The van der Waals surface area contributed by atoms with E-state index in [1.807, 2.05) is 20.8 Å². The number of pyridine rings is 1. The van der Waals surface area contributed by atoms with Gasteiger partial charge in [0.1, 0.15) is 0 Å². The second-order valence-corrected chi connectivity index (χ2v) is 5.78. The number of nitrogens with zero attached hydrogens (tertiary/aromatic N) is 3. The van der Waals surface area contributed by atoms with Crippen LogP contribution in [0.2, 0.25) is 0 Å². The van der Waals surface area contributed by atoms with Crippen molar-refractivity contribution in [1.29, 1.82) is 0 Å². The molecular formula is C16H22N4O3. The van der Waals surface area contributed by atoms with Gasteiger partial charge in [-0.3, -0.25) is 14.3 Å². The van der Waals surface area contributed by atoms with Crippen LogP contribution in [0.3, 0.4) is 0 Å². The highest BCUT2D eigenvalue weighted by atomic mass is 16.4. The van der Waals surface area contributed by atoms with Crippen LogP contribution in [0, 0.1) is 12.3 Å². The largest absolute Gasteiger partial charge is 0.481 e. The van der Waals surface area contributed by atoms with Crippen LogP contribution in [0.4, 0.5) is 0 Å². The van der Waals surface area contributed by atoms with Crippen LogP contribution in [0.5, 0.6) is 0 Å². The summed E-state index contributed by atoms with van der Waals surface area (Å²) < 4.78 is 1.66. The molecule has 0 saturated heterocycles. The maximum Gasteiger partial charge on any atom is 0.311 e. The lowest BCUT2D eigenvalue weighted by Gasteiger charge is -2.26. The number of aliphatic carboxylic acids is 1. The fourth-order valence-corrected chi connectivity index (χ4v) is 2.66. The van der Waals surface area contributed by atoms with Crippen LogP contribution in [0.15, 0.2) is 12.3 Å². The first-order valence-electron chi connectivity index (χ1n) is 7.65. The Kier molecular flexibility index (Phi) is 4.68. The summed E-state index contributed by atoms with van der Waals surface area (Å²) in [6, 6.07) is 1.74.